The van der Waals surface area contributed by atoms with E-state index in [0.29, 0.717) is 11.3 Å². The Labute approximate surface area is 160 Å². The van der Waals surface area contributed by atoms with E-state index in [1.807, 2.05) is 6.07 Å². The van der Waals surface area contributed by atoms with Crippen molar-refractivity contribution in [3.05, 3.63) is 95.6 Å². The third-order valence-corrected chi connectivity index (χ3v) is 3.74. The number of benzene rings is 2. The van der Waals surface area contributed by atoms with Crippen LogP contribution in [0.4, 0.5) is 5.69 Å². The standard InChI is InChI=1S/C21H16N2O5/c24-19(22-16-10-8-15(9-11-16)21(26)27)17(13-14-5-2-1-3-6-14)23-20(25)18-7-4-12-28-18/h1-13H,(H,22,24)(H,23,25)(H,26,27). The van der Waals surface area contributed by atoms with Gasteiger partial charge >= 0.3 is 5.97 Å². The molecule has 7 heteroatoms. The lowest BCUT2D eigenvalue weighted by Crippen LogP contribution is -2.30. The fourth-order valence-corrected chi connectivity index (χ4v) is 2.36. The van der Waals surface area contributed by atoms with Crippen LogP contribution in [-0.4, -0.2) is 22.9 Å². The van der Waals surface area contributed by atoms with Crippen molar-refractivity contribution in [3.63, 3.8) is 0 Å². The zero-order valence-corrected chi connectivity index (χ0v) is 14.6. The van der Waals surface area contributed by atoms with E-state index in [1.165, 1.54) is 42.7 Å². The third-order valence-electron chi connectivity index (χ3n) is 3.74. The second kappa shape index (κ2) is 8.50. The molecule has 0 aliphatic heterocycles. The smallest absolute Gasteiger partial charge is 0.335 e. The molecule has 0 bridgehead atoms. The second-order valence-corrected chi connectivity index (χ2v) is 5.74. The number of hydrogen-bond donors (Lipinski definition) is 3. The number of furan rings is 1. The number of carboxylic acid groups (broad SMARTS) is 1. The minimum Gasteiger partial charge on any atom is -0.478 e. The van der Waals surface area contributed by atoms with Crippen molar-refractivity contribution in [2.45, 2.75) is 0 Å². The molecule has 3 rings (SSSR count). The molecule has 2 aromatic carbocycles. The molecule has 2 amide bonds. The molecule has 3 aromatic rings. The first kappa shape index (κ1) is 18.7. The Morgan fingerprint density at radius 1 is 0.893 bits per heavy atom. The van der Waals surface area contributed by atoms with Crippen LogP contribution < -0.4 is 10.6 Å². The third kappa shape index (κ3) is 4.73. The van der Waals surface area contributed by atoms with Crippen LogP contribution in [0, 0.1) is 0 Å². The van der Waals surface area contributed by atoms with Crippen LogP contribution in [0.5, 0.6) is 0 Å². The highest BCUT2D eigenvalue weighted by Gasteiger charge is 2.16. The lowest BCUT2D eigenvalue weighted by atomic mass is 10.1. The fraction of sp³-hybridized carbons (Fsp3) is 0. The Morgan fingerprint density at radius 2 is 1.61 bits per heavy atom. The quantitative estimate of drug-likeness (QED) is 0.572. The molecule has 1 aromatic heterocycles. The van der Waals surface area contributed by atoms with Gasteiger partial charge in [0.15, 0.2) is 5.76 Å². The van der Waals surface area contributed by atoms with Crippen molar-refractivity contribution in [3.8, 4) is 0 Å². The molecule has 140 valence electrons. The van der Waals surface area contributed by atoms with Gasteiger partial charge < -0.3 is 20.2 Å². The molecule has 0 atom stereocenters. The van der Waals surface area contributed by atoms with Gasteiger partial charge in [0.1, 0.15) is 5.70 Å². The van der Waals surface area contributed by atoms with Crippen LogP contribution >= 0.6 is 0 Å². The van der Waals surface area contributed by atoms with Gasteiger partial charge in [0.05, 0.1) is 11.8 Å². The Balaban J connectivity index is 1.83. The molecule has 0 aliphatic carbocycles. The highest BCUT2D eigenvalue weighted by Crippen LogP contribution is 2.13. The summed E-state index contributed by atoms with van der Waals surface area (Å²) in [6, 6.07) is 17.8. The molecule has 28 heavy (non-hydrogen) atoms. The maximum absolute atomic E-state index is 12.7. The monoisotopic (exact) mass is 376 g/mol. The van der Waals surface area contributed by atoms with E-state index >= 15 is 0 Å². The van der Waals surface area contributed by atoms with E-state index in [9.17, 15) is 14.4 Å². The van der Waals surface area contributed by atoms with Gasteiger partial charge in [0, 0.05) is 5.69 Å². The first-order valence-corrected chi connectivity index (χ1v) is 8.29. The first-order chi connectivity index (χ1) is 13.5. The van der Waals surface area contributed by atoms with Crippen molar-refractivity contribution in [1.82, 2.24) is 5.32 Å². The van der Waals surface area contributed by atoms with Gasteiger partial charge in [-0.25, -0.2) is 4.79 Å². The van der Waals surface area contributed by atoms with Crippen LogP contribution in [0.3, 0.4) is 0 Å². The molecule has 0 fully saturated rings. The Bertz CT molecular complexity index is 1010. The van der Waals surface area contributed by atoms with Crippen LogP contribution in [0.1, 0.15) is 26.5 Å². The molecule has 0 spiro atoms. The maximum atomic E-state index is 12.7. The Hall–Kier alpha value is -4.13. The maximum Gasteiger partial charge on any atom is 0.335 e. The summed E-state index contributed by atoms with van der Waals surface area (Å²) >= 11 is 0. The van der Waals surface area contributed by atoms with Gasteiger partial charge in [-0.15, -0.1) is 0 Å². The Morgan fingerprint density at radius 3 is 2.21 bits per heavy atom. The largest absolute Gasteiger partial charge is 0.478 e. The topological polar surface area (TPSA) is 109 Å². The number of nitrogens with one attached hydrogen (secondary N) is 2. The van der Waals surface area contributed by atoms with E-state index in [-0.39, 0.29) is 17.0 Å². The zero-order valence-electron chi connectivity index (χ0n) is 14.6. The number of hydrogen-bond acceptors (Lipinski definition) is 4. The number of rotatable bonds is 6. The molecule has 0 saturated carbocycles. The summed E-state index contributed by atoms with van der Waals surface area (Å²) < 4.78 is 5.05. The molecule has 0 unspecified atom stereocenters. The number of carbonyl (C=O) groups is 3. The van der Waals surface area contributed by atoms with Crippen molar-refractivity contribution >= 4 is 29.5 Å². The van der Waals surface area contributed by atoms with E-state index in [2.05, 4.69) is 10.6 Å². The molecule has 1 heterocycles. The number of aromatic carboxylic acids is 1. The van der Waals surface area contributed by atoms with Crippen LogP contribution in [-0.2, 0) is 4.79 Å². The summed E-state index contributed by atoms with van der Waals surface area (Å²) in [7, 11) is 0. The van der Waals surface area contributed by atoms with Crippen molar-refractivity contribution < 1.29 is 23.9 Å². The van der Waals surface area contributed by atoms with Crippen LogP contribution in [0.25, 0.3) is 6.08 Å². The van der Waals surface area contributed by atoms with E-state index in [0.717, 1.165) is 0 Å². The number of amides is 2. The van der Waals surface area contributed by atoms with Gasteiger partial charge in [-0.1, -0.05) is 30.3 Å². The van der Waals surface area contributed by atoms with Crippen LogP contribution in [0.2, 0.25) is 0 Å². The summed E-state index contributed by atoms with van der Waals surface area (Å²) in [4.78, 5) is 35.9. The predicted octanol–water partition coefficient (Wildman–Crippen LogP) is 3.39. The number of carbonyl (C=O) groups excluding carboxylic acids is 2. The average Bonchev–Trinajstić information content (AvgIpc) is 3.23. The Kier molecular flexibility index (Phi) is 5.66. The zero-order chi connectivity index (χ0) is 19.9. The van der Waals surface area contributed by atoms with Gasteiger partial charge in [0.25, 0.3) is 11.8 Å². The normalized spacial score (nSPS) is 10.9. The fourth-order valence-electron chi connectivity index (χ4n) is 2.36. The summed E-state index contributed by atoms with van der Waals surface area (Å²) in [6.07, 6.45) is 2.89. The van der Waals surface area contributed by atoms with Gasteiger partial charge in [-0.3, -0.25) is 9.59 Å². The van der Waals surface area contributed by atoms with E-state index in [1.54, 1.807) is 30.3 Å². The van der Waals surface area contributed by atoms with E-state index < -0.39 is 17.8 Å². The van der Waals surface area contributed by atoms with Gasteiger partial charge in [-0.2, -0.15) is 0 Å². The summed E-state index contributed by atoms with van der Waals surface area (Å²) in [5.74, 6) is -2.12. The molecule has 0 aliphatic rings. The second-order valence-electron chi connectivity index (χ2n) is 5.74. The average molecular weight is 376 g/mol. The van der Waals surface area contributed by atoms with Crippen molar-refractivity contribution in [1.29, 1.82) is 0 Å². The lowest BCUT2D eigenvalue weighted by Gasteiger charge is -2.10. The molecule has 7 nitrogen and oxygen atoms in total. The minimum atomic E-state index is -1.06. The van der Waals surface area contributed by atoms with E-state index in [4.69, 9.17) is 9.52 Å². The number of anilines is 1. The molecule has 0 saturated heterocycles. The number of carboxylic acids is 1. The first-order valence-electron chi connectivity index (χ1n) is 8.29. The summed E-state index contributed by atoms with van der Waals surface area (Å²) in [5.41, 5.74) is 1.22. The molecular weight excluding hydrogens is 360 g/mol. The van der Waals surface area contributed by atoms with Gasteiger partial charge in [-0.05, 0) is 48.0 Å². The molecule has 0 radical (unpaired) electrons. The van der Waals surface area contributed by atoms with Gasteiger partial charge in [0.2, 0.25) is 0 Å². The SMILES string of the molecule is O=C(Nc1ccc(C(=O)O)cc1)C(=Cc1ccccc1)NC(=O)c1ccco1. The minimum absolute atomic E-state index is 0.00918. The summed E-state index contributed by atoms with van der Waals surface area (Å²) in [6.45, 7) is 0. The lowest BCUT2D eigenvalue weighted by molar-refractivity contribution is -0.113. The molecular formula is C21H16N2O5. The summed E-state index contributed by atoms with van der Waals surface area (Å²) in [5, 5.41) is 14.1. The van der Waals surface area contributed by atoms with Crippen molar-refractivity contribution in [2.24, 2.45) is 0 Å². The highest BCUT2D eigenvalue weighted by molar-refractivity contribution is 6.10. The molecule has 3 N–H and O–H groups in total. The van der Waals surface area contributed by atoms with Crippen molar-refractivity contribution in [2.75, 3.05) is 5.32 Å². The van der Waals surface area contributed by atoms with Crippen LogP contribution in [0.15, 0.2) is 83.1 Å². The highest BCUT2D eigenvalue weighted by atomic mass is 16.4. The predicted molar refractivity (Wildman–Crippen MR) is 103 cm³/mol.